The van der Waals surface area contributed by atoms with E-state index in [-0.39, 0.29) is 27.4 Å². The number of pyridine rings is 1. The topological polar surface area (TPSA) is 50.9 Å². The van der Waals surface area contributed by atoms with Crippen molar-refractivity contribution in [1.29, 1.82) is 0 Å². The molecule has 15 rings (SSSR count). The minimum Gasteiger partial charge on any atom is -0.507 e. The number of imidazole rings is 1. The standard InChI is InChI=1S/C100H95N3O/c1-61(2)70-52-71(62(3)4)54-74(53-70)80-42-28-41-79(67-37-24-19-25-38-67)89(80)68-39-27-40-69(51-68)90-83(47-50-87-94(90)102-96(103(87)95-63(5)31-26-32-64(95)6)86-49-48-85-93(101-86)92-84(45-30-46-88(92)104)99(13,14)100(85,15)16)91-81(75-55-72(65-33-20-17-21-34-65)57-77(59-75)97(7,8)9)43-29-44-82(91)76-56-73(66-35-22-18-23-36-66)58-78(60-76)98(10,11)12/h17-62,104H,1-16H3. The van der Waals surface area contributed by atoms with Crippen molar-refractivity contribution in [2.75, 3.05) is 0 Å². The second kappa shape index (κ2) is 26.4. The quantitative estimate of drug-likeness (QED) is 0.125. The lowest BCUT2D eigenvalue weighted by atomic mass is 9.56. The molecule has 0 amide bonds. The molecule has 0 aliphatic heterocycles. The van der Waals surface area contributed by atoms with Gasteiger partial charge in [0.15, 0.2) is 5.82 Å². The van der Waals surface area contributed by atoms with Gasteiger partial charge in [0.2, 0.25) is 0 Å². The maximum atomic E-state index is 12.1. The van der Waals surface area contributed by atoms with E-state index in [0.717, 1.165) is 111 Å². The molecule has 4 nitrogen and oxygen atoms in total. The summed E-state index contributed by atoms with van der Waals surface area (Å²) in [6, 6.07) is 99.5. The highest BCUT2D eigenvalue weighted by Gasteiger charge is 2.47. The van der Waals surface area contributed by atoms with Gasteiger partial charge < -0.3 is 5.11 Å². The number of hydrogen-bond acceptors (Lipinski definition) is 3. The van der Waals surface area contributed by atoms with Crippen molar-refractivity contribution in [3.63, 3.8) is 0 Å². The Morgan fingerprint density at radius 2 is 0.779 bits per heavy atom. The highest BCUT2D eigenvalue weighted by atomic mass is 16.3. The molecule has 0 atom stereocenters. The summed E-state index contributed by atoms with van der Waals surface area (Å²) in [7, 11) is 0. The third-order valence-corrected chi connectivity index (χ3v) is 22.8. The van der Waals surface area contributed by atoms with Gasteiger partial charge in [-0.1, -0.05) is 327 Å². The first-order valence-electron chi connectivity index (χ1n) is 37.2. The Balaban J connectivity index is 1.12. The molecule has 14 aromatic rings. The van der Waals surface area contributed by atoms with Gasteiger partial charge in [0.25, 0.3) is 0 Å². The van der Waals surface area contributed by atoms with Gasteiger partial charge in [-0.2, -0.15) is 0 Å². The Hall–Kier alpha value is -10.9. The highest BCUT2D eigenvalue weighted by molar-refractivity contribution is 6.09. The van der Waals surface area contributed by atoms with E-state index < -0.39 is 0 Å². The summed E-state index contributed by atoms with van der Waals surface area (Å²) >= 11 is 0. The van der Waals surface area contributed by atoms with Crippen molar-refractivity contribution in [2.24, 2.45) is 0 Å². The number of phenolic OH excluding ortho intramolecular Hbond substituents is 1. The maximum Gasteiger partial charge on any atom is 0.164 e. The van der Waals surface area contributed by atoms with E-state index in [1.54, 1.807) is 0 Å². The highest BCUT2D eigenvalue weighted by Crippen LogP contribution is 2.57. The van der Waals surface area contributed by atoms with Crippen LogP contribution in [-0.2, 0) is 21.7 Å². The van der Waals surface area contributed by atoms with E-state index in [9.17, 15) is 5.11 Å². The van der Waals surface area contributed by atoms with Gasteiger partial charge in [0.05, 0.1) is 22.4 Å². The van der Waals surface area contributed by atoms with Crippen molar-refractivity contribution >= 4 is 11.0 Å². The number of benzene rings is 12. The molecule has 2 heterocycles. The smallest absolute Gasteiger partial charge is 0.164 e. The fourth-order valence-electron chi connectivity index (χ4n) is 16.1. The Bertz CT molecular complexity index is 5490. The molecule has 0 saturated carbocycles. The van der Waals surface area contributed by atoms with Crippen molar-refractivity contribution in [2.45, 2.75) is 144 Å². The molecule has 0 radical (unpaired) electrons. The molecule has 0 unspecified atom stereocenters. The Kier molecular flexibility index (Phi) is 17.5. The van der Waals surface area contributed by atoms with Crippen LogP contribution in [0.2, 0.25) is 0 Å². The predicted molar refractivity (Wildman–Crippen MR) is 441 cm³/mol. The van der Waals surface area contributed by atoms with Crippen molar-refractivity contribution in [1.82, 2.24) is 14.5 Å². The molecule has 104 heavy (non-hydrogen) atoms. The molecule has 1 N–H and O–H groups in total. The molecule has 1 aliphatic rings. The summed E-state index contributed by atoms with van der Waals surface area (Å²) in [5.74, 6) is 1.59. The van der Waals surface area contributed by atoms with E-state index in [2.05, 4.69) is 370 Å². The van der Waals surface area contributed by atoms with Crippen LogP contribution in [0.4, 0.5) is 0 Å². The van der Waals surface area contributed by atoms with Gasteiger partial charge in [0.1, 0.15) is 11.4 Å². The molecule has 0 spiro atoms. The summed E-state index contributed by atoms with van der Waals surface area (Å²) in [6.45, 7) is 36.9. The summed E-state index contributed by atoms with van der Waals surface area (Å²) in [5.41, 5.74) is 33.9. The molecule has 0 saturated heterocycles. The van der Waals surface area contributed by atoms with Crippen LogP contribution in [0.25, 0.3) is 140 Å². The molecule has 0 bridgehead atoms. The van der Waals surface area contributed by atoms with Gasteiger partial charge in [-0.25, -0.2) is 9.97 Å². The predicted octanol–water partition coefficient (Wildman–Crippen LogP) is 27.5. The second-order valence-electron chi connectivity index (χ2n) is 32.8. The molecule has 1 aliphatic carbocycles. The van der Waals surface area contributed by atoms with E-state index in [1.807, 2.05) is 12.1 Å². The van der Waals surface area contributed by atoms with Crippen LogP contribution in [0.1, 0.15) is 153 Å². The molecular formula is C100H95N3O. The SMILES string of the molecule is Cc1cccc(C)c1-n1c(-c2ccc3c(n2)-c2c(O)cccc2C(C)(C)C3(C)C)nc2c(-c3cccc(-c4c(-c5ccccc5)cccc4-c4cc(C(C)C)cc(C(C)C)c4)c3)c(-c3c(-c4cc(-c5ccccc5)cc(C(C)(C)C)c4)cccc3-c3cc(-c4ccccc4)cc(C(C)(C)C)c3)ccc21. The number of hydrogen-bond donors (Lipinski definition) is 1. The van der Waals surface area contributed by atoms with E-state index in [0.29, 0.717) is 23.4 Å². The summed E-state index contributed by atoms with van der Waals surface area (Å²) in [6.07, 6.45) is 0. The van der Waals surface area contributed by atoms with Crippen LogP contribution in [-0.4, -0.2) is 19.6 Å². The minimum absolute atomic E-state index is 0.191. The van der Waals surface area contributed by atoms with Crippen LogP contribution in [0.5, 0.6) is 5.75 Å². The number of aryl methyl sites for hydroxylation is 2. The molecule has 4 heteroatoms. The summed E-state index contributed by atoms with van der Waals surface area (Å²) in [5, 5.41) is 12.1. The van der Waals surface area contributed by atoms with Crippen LogP contribution < -0.4 is 0 Å². The van der Waals surface area contributed by atoms with Crippen LogP contribution in [0, 0.1) is 13.8 Å². The number of phenols is 1. The van der Waals surface area contributed by atoms with Gasteiger partial charge in [-0.15, -0.1) is 0 Å². The zero-order chi connectivity index (χ0) is 72.9. The molecule has 12 aromatic carbocycles. The lowest BCUT2D eigenvalue weighted by molar-refractivity contribution is 0.296. The van der Waals surface area contributed by atoms with E-state index in [1.165, 1.54) is 61.2 Å². The van der Waals surface area contributed by atoms with E-state index in [4.69, 9.17) is 9.97 Å². The number of para-hydroxylation sites is 1. The van der Waals surface area contributed by atoms with Crippen LogP contribution in [0.3, 0.4) is 0 Å². The average Bonchev–Trinajstić information content (AvgIpc) is 1.16. The Morgan fingerprint density at radius 3 is 1.31 bits per heavy atom. The second-order valence-corrected chi connectivity index (χ2v) is 32.8. The number of nitrogens with zero attached hydrogens (tertiary/aromatic N) is 3. The van der Waals surface area contributed by atoms with Gasteiger partial charge in [0, 0.05) is 16.5 Å². The zero-order valence-corrected chi connectivity index (χ0v) is 63.3. The third kappa shape index (κ3) is 12.2. The normalized spacial score (nSPS) is 13.4. The van der Waals surface area contributed by atoms with Gasteiger partial charge in [-0.3, -0.25) is 4.57 Å². The van der Waals surface area contributed by atoms with Crippen molar-refractivity contribution in [3.8, 4) is 134 Å². The first kappa shape index (κ1) is 68.8. The average molecular weight is 1350 g/mol. The minimum atomic E-state index is -0.352. The van der Waals surface area contributed by atoms with Crippen LogP contribution >= 0.6 is 0 Å². The lowest BCUT2D eigenvalue weighted by Crippen LogP contribution is -2.43. The fraction of sp³-hybridized carbons (Fsp3) is 0.220. The number of fused-ring (bicyclic) bond motifs is 4. The van der Waals surface area contributed by atoms with E-state index >= 15 is 0 Å². The van der Waals surface area contributed by atoms with Gasteiger partial charge in [-0.05, 0) is 217 Å². The summed E-state index contributed by atoms with van der Waals surface area (Å²) < 4.78 is 2.39. The summed E-state index contributed by atoms with van der Waals surface area (Å²) in [4.78, 5) is 12.0. The monoisotopic (exact) mass is 1350 g/mol. The maximum absolute atomic E-state index is 12.1. The Morgan fingerprint density at radius 1 is 0.346 bits per heavy atom. The first-order valence-corrected chi connectivity index (χ1v) is 37.2. The first-order chi connectivity index (χ1) is 49.7. The lowest BCUT2D eigenvalue weighted by Gasteiger charge is -2.47. The number of aromatic nitrogens is 3. The number of aromatic hydroxyl groups is 1. The molecular weight excluding hydrogens is 1260 g/mol. The third-order valence-electron chi connectivity index (χ3n) is 22.8. The molecule has 2 aromatic heterocycles. The molecule has 0 fully saturated rings. The number of rotatable bonds is 13. The van der Waals surface area contributed by atoms with Gasteiger partial charge >= 0.3 is 0 Å². The molecule has 516 valence electrons. The largest absolute Gasteiger partial charge is 0.507 e. The zero-order valence-electron chi connectivity index (χ0n) is 63.3. The van der Waals surface area contributed by atoms with Crippen molar-refractivity contribution < 1.29 is 5.11 Å². The van der Waals surface area contributed by atoms with Crippen LogP contribution in [0.15, 0.2) is 267 Å². The van der Waals surface area contributed by atoms with Crippen molar-refractivity contribution in [3.05, 3.63) is 311 Å². The fourth-order valence-corrected chi connectivity index (χ4v) is 16.1. The Labute approximate surface area is 616 Å².